The second-order valence-corrected chi connectivity index (χ2v) is 4.68. The first-order valence-corrected chi connectivity index (χ1v) is 5.36. The molecule has 0 nitrogen and oxygen atoms in total. The molecular formula is C8H5F5Si. The van der Waals surface area contributed by atoms with E-state index in [9.17, 15) is 21.4 Å². The predicted molar refractivity (Wildman–Crippen MR) is 44.4 cm³/mol. The lowest BCUT2D eigenvalue weighted by atomic mass is 10.4. The van der Waals surface area contributed by atoms with E-state index in [1.807, 2.05) is 0 Å². The van der Waals surface area contributed by atoms with Gasteiger partial charge < -0.3 is 0 Å². The summed E-state index contributed by atoms with van der Waals surface area (Å²) in [6.45, 7) is 0. The molecule has 0 amide bonds. The van der Waals surface area contributed by atoms with Gasteiger partial charge in [0.05, 0.1) is 0 Å². The molecule has 0 aliphatic heterocycles. The van der Waals surface area contributed by atoms with Crippen LogP contribution in [0.3, 0.4) is 0 Å². The molecule has 6 heteroatoms. The lowest BCUT2D eigenvalue weighted by Gasteiger charge is -2.09. The van der Waals surface area contributed by atoms with Crippen LogP contribution in [-0.2, 0) is 0 Å². The standard InChI is InChI=1S/C8H5F5Si/c9-7(10)8(11)14(12,13)6-4-2-1-3-5-6/h1-5H. The molecule has 0 bridgehead atoms. The molecule has 1 rings (SSSR count). The van der Waals surface area contributed by atoms with E-state index in [2.05, 4.69) is 0 Å². The fourth-order valence-corrected chi connectivity index (χ4v) is 1.99. The van der Waals surface area contributed by atoms with Crippen molar-refractivity contribution in [1.29, 1.82) is 0 Å². The molecule has 14 heavy (non-hydrogen) atoms. The van der Waals surface area contributed by atoms with Gasteiger partial charge in [-0.2, -0.15) is 8.78 Å². The van der Waals surface area contributed by atoms with Gasteiger partial charge >= 0.3 is 14.8 Å². The fourth-order valence-electron chi connectivity index (χ4n) is 0.893. The Kier molecular flexibility index (Phi) is 3.05. The average molecular weight is 224 g/mol. The Morgan fingerprint density at radius 3 is 1.86 bits per heavy atom. The van der Waals surface area contributed by atoms with E-state index < -0.39 is 25.5 Å². The van der Waals surface area contributed by atoms with Gasteiger partial charge in [-0.3, -0.25) is 8.22 Å². The number of rotatable bonds is 2. The third-order valence-corrected chi connectivity index (χ3v) is 3.38. The summed E-state index contributed by atoms with van der Waals surface area (Å²) in [4.78, 5) is 0. The minimum absolute atomic E-state index is 0.662. The topological polar surface area (TPSA) is 0 Å². The maximum atomic E-state index is 13.0. The summed E-state index contributed by atoms with van der Waals surface area (Å²) in [5, 5.41) is -0.662. The van der Waals surface area contributed by atoms with Crippen LogP contribution in [0.25, 0.3) is 0 Å². The summed E-state index contributed by atoms with van der Waals surface area (Å²) in [6.07, 6.45) is -2.94. The van der Waals surface area contributed by atoms with E-state index in [-0.39, 0.29) is 0 Å². The number of hydrogen-bond donors (Lipinski definition) is 0. The summed E-state index contributed by atoms with van der Waals surface area (Å²) in [5.41, 5.74) is -2.57. The molecule has 0 aromatic heterocycles. The van der Waals surface area contributed by atoms with Crippen molar-refractivity contribution in [3.63, 3.8) is 0 Å². The van der Waals surface area contributed by atoms with Gasteiger partial charge in [-0.1, -0.05) is 30.3 Å². The summed E-state index contributed by atoms with van der Waals surface area (Å²) in [7, 11) is -5.78. The van der Waals surface area contributed by atoms with Gasteiger partial charge in [-0.25, -0.2) is 4.39 Å². The van der Waals surface area contributed by atoms with E-state index >= 15 is 0 Å². The SMILES string of the molecule is FC(F)=C(F)[Si](F)(F)c1ccccc1. The Morgan fingerprint density at radius 1 is 0.929 bits per heavy atom. The van der Waals surface area contributed by atoms with Crippen LogP contribution in [0.5, 0.6) is 0 Å². The highest BCUT2D eigenvalue weighted by molar-refractivity contribution is 6.85. The molecule has 0 heterocycles. The van der Waals surface area contributed by atoms with Crippen molar-refractivity contribution in [3.05, 3.63) is 41.9 Å². The molecule has 1 aromatic rings. The lowest BCUT2D eigenvalue weighted by molar-refractivity contribution is 0.383. The normalized spacial score (nSPS) is 11.2. The molecule has 0 unspecified atom stereocenters. The van der Waals surface area contributed by atoms with Gasteiger partial charge in [0.1, 0.15) is 0 Å². The van der Waals surface area contributed by atoms with Crippen LogP contribution in [0.4, 0.5) is 21.4 Å². The van der Waals surface area contributed by atoms with E-state index in [4.69, 9.17) is 0 Å². The Balaban J connectivity index is 3.15. The second kappa shape index (κ2) is 3.91. The van der Waals surface area contributed by atoms with Crippen LogP contribution in [0.15, 0.2) is 41.9 Å². The fraction of sp³-hybridized carbons (Fsp3) is 0. The number of benzene rings is 1. The molecule has 0 N–H and O–H groups in total. The second-order valence-electron chi connectivity index (χ2n) is 2.51. The van der Waals surface area contributed by atoms with Crippen molar-refractivity contribution in [2.75, 3.05) is 0 Å². The van der Waals surface area contributed by atoms with Crippen LogP contribution in [0, 0.1) is 0 Å². The minimum atomic E-state index is -5.78. The largest absolute Gasteiger partial charge is 0.520 e. The maximum absolute atomic E-state index is 13.0. The molecule has 76 valence electrons. The minimum Gasteiger partial charge on any atom is -0.257 e. The number of halogens is 5. The van der Waals surface area contributed by atoms with Crippen molar-refractivity contribution in [3.8, 4) is 0 Å². The molecule has 1 aromatic carbocycles. The molecule has 0 atom stereocenters. The van der Waals surface area contributed by atoms with Gasteiger partial charge in [0.15, 0.2) is 0 Å². The molecular weight excluding hydrogens is 219 g/mol. The van der Waals surface area contributed by atoms with Crippen LogP contribution in [-0.4, -0.2) is 8.74 Å². The smallest absolute Gasteiger partial charge is 0.257 e. The zero-order valence-corrected chi connectivity index (χ0v) is 7.78. The summed E-state index contributed by atoms with van der Waals surface area (Å²) in [6, 6.07) is 5.82. The summed E-state index contributed by atoms with van der Waals surface area (Å²) < 4.78 is 61.8. The van der Waals surface area contributed by atoms with Crippen LogP contribution < -0.4 is 5.19 Å². The van der Waals surface area contributed by atoms with Gasteiger partial charge in [-0.05, 0) is 0 Å². The van der Waals surface area contributed by atoms with E-state index in [1.54, 1.807) is 0 Å². The quantitative estimate of drug-likeness (QED) is 0.411. The summed E-state index contributed by atoms with van der Waals surface area (Å²) in [5.74, 6) is 0. The molecule has 0 fully saturated rings. The third-order valence-electron chi connectivity index (χ3n) is 1.58. The Bertz CT molecular complexity index is 342. The molecule has 0 saturated heterocycles. The number of hydrogen-bond acceptors (Lipinski definition) is 0. The monoisotopic (exact) mass is 224 g/mol. The first kappa shape index (κ1) is 10.9. The van der Waals surface area contributed by atoms with Gasteiger partial charge in [0.25, 0.3) is 0 Å². The van der Waals surface area contributed by atoms with Crippen molar-refractivity contribution in [2.24, 2.45) is 0 Å². The first-order valence-electron chi connectivity index (χ1n) is 3.61. The average Bonchev–Trinajstić information content (AvgIpc) is 2.18. The molecule has 0 spiro atoms. The highest BCUT2D eigenvalue weighted by Gasteiger charge is 2.47. The van der Waals surface area contributed by atoms with Crippen LogP contribution in [0.2, 0.25) is 0 Å². The first-order chi connectivity index (χ1) is 6.46. The van der Waals surface area contributed by atoms with Crippen molar-refractivity contribution >= 4 is 13.9 Å². The highest BCUT2D eigenvalue weighted by atomic mass is 28.4. The highest BCUT2D eigenvalue weighted by Crippen LogP contribution is 2.24. The zero-order chi connectivity index (χ0) is 10.8. The van der Waals surface area contributed by atoms with Crippen LogP contribution >= 0.6 is 0 Å². The molecule has 0 aliphatic rings. The van der Waals surface area contributed by atoms with E-state index in [1.165, 1.54) is 18.2 Å². The van der Waals surface area contributed by atoms with Gasteiger partial charge in [0, 0.05) is 5.19 Å². The van der Waals surface area contributed by atoms with Crippen LogP contribution in [0.1, 0.15) is 0 Å². The Hall–Kier alpha value is -1.17. The summed E-state index contributed by atoms with van der Waals surface area (Å²) >= 11 is 0. The molecule has 0 aliphatic carbocycles. The Labute approximate surface area is 78.0 Å². The third kappa shape index (κ3) is 2.01. The molecule has 0 saturated carbocycles. The van der Waals surface area contributed by atoms with E-state index in [0.717, 1.165) is 12.1 Å². The van der Waals surface area contributed by atoms with Gasteiger partial charge in [-0.15, -0.1) is 0 Å². The molecule has 0 radical (unpaired) electrons. The van der Waals surface area contributed by atoms with Crippen molar-refractivity contribution in [1.82, 2.24) is 0 Å². The van der Waals surface area contributed by atoms with Crippen molar-refractivity contribution < 1.29 is 21.4 Å². The van der Waals surface area contributed by atoms with Gasteiger partial charge in [0.2, 0.25) is 5.45 Å². The van der Waals surface area contributed by atoms with E-state index in [0.29, 0.717) is 0 Å². The maximum Gasteiger partial charge on any atom is 0.520 e. The zero-order valence-electron chi connectivity index (χ0n) is 6.78. The van der Waals surface area contributed by atoms with Crippen molar-refractivity contribution in [2.45, 2.75) is 0 Å². The Morgan fingerprint density at radius 2 is 1.43 bits per heavy atom. The lowest BCUT2D eigenvalue weighted by Crippen LogP contribution is -2.40. The predicted octanol–water partition coefficient (Wildman–Crippen LogP) is 2.89.